The first-order valence-electron chi connectivity index (χ1n) is 10.2. The minimum atomic E-state index is -0.340. The summed E-state index contributed by atoms with van der Waals surface area (Å²) in [6.07, 6.45) is -0.340. The SMILES string of the molecule is N#Cc1ccc(C2Oc3ccccc3-c3n(-c4ccccc4)c4ccccc4[n+]32)cc1. The number of ether oxygens (including phenoxy) is 1. The second kappa shape index (κ2) is 6.86. The lowest BCUT2D eigenvalue weighted by atomic mass is 10.1. The van der Waals surface area contributed by atoms with E-state index in [1.165, 1.54) is 0 Å². The largest absolute Gasteiger partial charge is 0.447 e. The third-order valence-corrected chi connectivity index (χ3v) is 5.76. The average molecular weight is 400 g/mol. The maximum atomic E-state index is 9.21. The molecule has 6 rings (SSSR count). The van der Waals surface area contributed by atoms with Gasteiger partial charge >= 0.3 is 5.82 Å². The van der Waals surface area contributed by atoms with Gasteiger partial charge in [0.25, 0.3) is 6.23 Å². The van der Waals surface area contributed by atoms with E-state index in [4.69, 9.17) is 4.74 Å². The third kappa shape index (κ3) is 2.64. The van der Waals surface area contributed by atoms with Crippen LogP contribution in [0.15, 0.2) is 103 Å². The summed E-state index contributed by atoms with van der Waals surface area (Å²) in [5.74, 6) is 1.92. The van der Waals surface area contributed by atoms with E-state index in [1.807, 2.05) is 48.5 Å². The van der Waals surface area contributed by atoms with Gasteiger partial charge in [-0.15, -0.1) is 0 Å². The van der Waals surface area contributed by atoms with Crippen LogP contribution in [0.1, 0.15) is 17.4 Å². The van der Waals surface area contributed by atoms with Crippen LogP contribution in [-0.4, -0.2) is 4.57 Å². The number of fused-ring (bicyclic) bond motifs is 5. The first-order valence-corrected chi connectivity index (χ1v) is 10.2. The van der Waals surface area contributed by atoms with Crippen molar-refractivity contribution in [3.05, 3.63) is 114 Å². The van der Waals surface area contributed by atoms with Crippen molar-refractivity contribution >= 4 is 11.0 Å². The lowest BCUT2D eigenvalue weighted by molar-refractivity contribution is -0.713. The van der Waals surface area contributed by atoms with Crippen molar-refractivity contribution in [2.45, 2.75) is 6.23 Å². The molecule has 0 saturated carbocycles. The van der Waals surface area contributed by atoms with Crippen molar-refractivity contribution < 1.29 is 9.30 Å². The van der Waals surface area contributed by atoms with Crippen LogP contribution in [0.4, 0.5) is 0 Å². The Morgan fingerprint density at radius 2 is 1.48 bits per heavy atom. The molecule has 5 aromatic rings. The molecule has 2 heterocycles. The number of para-hydroxylation sites is 4. The highest BCUT2D eigenvalue weighted by molar-refractivity contribution is 5.80. The fourth-order valence-electron chi connectivity index (χ4n) is 4.39. The molecule has 0 saturated heterocycles. The molecule has 4 aromatic carbocycles. The summed E-state index contributed by atoms with van der Waals surface area (Å²) in [4.78, 5) is 0. The summed E-state index contributed by atoms with van der Waals surface area (Å²) in [7, 11) is 0. The molecule has 1 aliphatic heterocycles. The van der Waals surface area contributed by atoms with E-state index >= 15 is 0 Å². The first kappa shape index (κ1) is 17.5. The number of aromatic nitrogens is 2. The van der Waals surface area contributed by atoms with E-state index in [0.29, 0.717) is 5.56 Å². The zero-order valence-corrected chi connectivity index (χ0v) is 16.6. The van der Waals surface area contributed by atoms with Gasteiger partial charge in [-0.25, -0.2) is 0 Å². The quantitative estimate of drug-likeness (QED) is 0.373. The highest BCUT2D eigenvalue weighted by atomic mass is 16.5. The summed E-state index contributed by atoms with van der Waals surface area (Å²) in [6, 6.07) is 36.8. The number of nitrogens with zero attached hydrogens (tertiary/aromatic N) is 3. The molecule has 0 radical (unpaired) electrons. The molecule has 0 fully saturated rings. The van der Waals surface area contributed by atoms with Crippen LogP contribution in [0, 0.1) is 11.3 Å². The topological polar surface area (TPSA) is 41.8 Å². The second-order valence-electron chi connectivity index (χ2n) is 7.55. The molecule has 1 unspecified atom stereocenters. The van der Waals surface area contributed by atoms with Gasteiger partial charge in [0, 0.05) is 5.56 Å². The number of hydrogen-bond acceptors (Lipinski definition) is 2. The predicted octanol–water partition coefficient (Wildman–Crippen LogP) is 5.40. The predicted molar refractivity (Wildman–Crippen MR) is 119 cm³/mol. The molecule has 31 heavy (non-hydrogen) atoms. The zero-order valence-electron chi connectivity index (χ0n) is 16.6. The average Bonchev–Trinajstić information content (AvgIpc) is 3.20. The van der Waals surface area contributed by atoms with Gasteiger partial charge in [-0.05, 0) is 60.7 Å². The van der Waals surface area contributed by atoms with Gasteiger partial charge < -0.3 is 4.74 Å². The molecular formula is C27H18N3O+. The number of nitriles is 1. The van der Waals surface area contributed by atoms with E-state index in [9.17, 15) is 5.26 Å². The zero-order chi connectivity index (χ0) is 20.8. The van der Waals surface area contributed by atoms with E-state index in [-0.39, 0.29) is 6.23 Å². The third-order valence-electron chi connectivity index (χ3n) is 5.76. The van der Waals surface area contributed by atoms with Gasteiger partial charge in [0.1, 0.15) is 17.0 Å². The van der Waals surface area contributed by atoms with Gasteiger partial charge in [-0.1, -0.05) is 42.5 Å². The molecule has 0 spiro atoms. The molecule has 0 aliphatic carbocycles. The fourth-order valence-corrected chi connectivity index (χ4v) is 4.39. The number of rotatable bonds is 2. The van der Waals surface area contributed by atoms with Crippen molar-refractivity contribution in [1.29, 1.82) is 5.26 Å². The number of imidazole rings is 1. The second-order valence-corrected chi connectivity index (χ2v) is 7.55. The molecule has 4 heteroatoms. The van der Waals surface area contributed by atoms with E-state index < -0.39 is 0 Å². The Bertz CT molecular complexity index is 1460. The summed E-state index contributed by atoms with van der Waals surface area (Å²) < 4.78 is 11.1. The Morgan fingerprint density at radius 1 is 0.774 bits per heavy atom. The van der Waals surface area contributed by atoms with Crippen LogP contribution in [0.5, 0.6) is 5.75 Å². The van der Waals surface area contributed by atoms with Crippen LogP contribution in [0.3, 0.4) is 0 Å². The van der Waals surface area contributed by atoms with Crippen molar-refractivity contribution in [1.82, 2.24) is 4.57 Å². The van der Waals surface area contributed by atoms with Gasteiger partial charge in [-0.3, -0.25) is 0 Å². The summed E-state index contributed by atoms with van der Waals surface area (Å²) in [5.41, 5.74) is 5.98. The fraction of sp³-hybridized carbons (Fsp3) is 0.0370. The molecule has 4 nitrogen and oxygen atoms in total. The van der Waals surface area contributed by atoms with E-state index in [0.717, 1.165) is 39.4 Å². The van der Waals surface area contributed by atoms with E-state index in [1.54, 1.807) is 0 Å². The highest BCUT2D eigenvalue weighted by Crippen LogP contribution is 2.39. The van der Waals surface area contributed by atoms with E-state index in [2.05, 4.69) is 69.8 Å². The van der Waals surface area contributed by atoms with Crippen LogP contribution >= 0.6 is 0 Å². The van der Waals surface area contributed by atoms with Crippen molar-refractivity contribution in [3.8, 4) is 28.9 Å². The Hall–Kier alpha value is -4.36. The molecule has 0 N–H and O–H groups in total. The lowest BCUT2D eigenvalue weighted by Crippen LogP contribution is -2.47. The maximum absolute atomic E-state index is 9.21. The van der Waals surface area contributed by atoms with Gasteiger partial charge in [0.05, 0.1) is 11.6 Å². The molecule has 1 aromatic heterocycles. The Labute approximate surface area is 179 Å². The highest BCUT2D eigenvalue weighted by Gasteiger charge is 2.39. The molecule has 1 atom stereocenters. The summed E-state index contributed by atoms with van der Waals surface area (Å²) in [5, 5.41) is 9.21. The number of benzene rings is 4. The Morgan fingerprint density at radius 3 is 2.29 bits per heavy atom. The van der Waals surface area contributed by atoms with Crippen LogP contribution in [0.2, 0.25) is 0 Å². The van der Waals surface area contributed by atoms with Gasteiger partial charge in [0.15, 0.2) is 11.0 Å². The molecule has 0 amide bonds. The van der Waals surface area contributed by atoms with Gasteiger partial charge in [-0.2, -0.15) is 14.4 Å². The lowest BCUT2D eigenvalue weighted by Gasteiger charge is -2.24. The Balaban J connectivity index is 1.71. The molecular weight excluding hydrogens is 382 g/mol. The van der Waals surface area contributed by atoms with Crippen molar-refractivity contribution in [3.63, 3.8) is 0 Å². The monoisotopic (exact) mass is 400 g/mol. The first-order chi connectivity index (χ1) is 15.3. The Kier molecular flexibility index (Phi) is 3.87. The number of hydrogen-bond donors (Lipinski definition) is 0. The normalized spacial score (nSPS) is 14.4. The molecule has 146 valence electrons. The van der Waals surface area contributed by atoms with Crippen molar-refractivity contribution in [2.75, 3.05) is 0 Å². The molecule has 0 bridgehead atoms. The maximum Gasteiger partial charge on any atom is 0.302 e. The standard InChI is InChI=1S/C27H18N3O/c28-18-19-14-16-20(17-15-19)27-30-24-12-6-5-11-23(24)29(21-8-2-1-3-9-21)26(30)22-10-4-7-13-25(22)31-27/h1-17,27H/q+1. The minimum Gasteiger partial charge on any atom is -0.447 e. The van der Waals surface area contributed by atoms with Crippen LogP contribution in [-0.2, 0) is 0 Å². The minimum absolute atomic E-state index is 0.340. The van der Waals surface area contributed by atoms with Crippen LogP contribution in [0.25, 0.3) is 28.1 Å². The summed E-state index contributed by atoms with van der Waals surface area (Å²) >= 11 is 0. The molecule has 1 aliphatic rings. The van der Waals surface area contributed by atoms with Crippen LogP contribution < -0.4 is 9.30 Å². The van der Waals surface area contributed by atoms with Crippen molar-refractivity contribution in [2.24, 2.45) is 0 Å². The summed E-state index contributed by atoms with van der Waals surface area (Å²) in [6.45, 7) is 0. The smallest absolute Gasteiger partial charge is 0.302 e. The van der Waals surface area contributed by atoms with Gasteiger partial charge in [0.2, 0.25) is 0 Å².